The summed E-state index contributed by atoms with van der Waals surface area (Å²) in [6.45, 7) is 13.5. The summed E-state index contributed by atoms with van der Waals surface area (Å²) in [4.78, 5) is 21.9. The summed E-state index contributed by atoms with van der Waals surface area (Å²) in [5.41, 5.74) is 6.99. The number of anilines is 1. The fourth-order valence-electron chi connectivity index (χ4n) is 2.74. The third-order valence-corrected chi connectivity index (χ3v) is 3.77. The van der Waals surface area contributed by atoms with E-state index in [4.69, 9.17) is 10.5 Å². The lowest BCUT2D eigenvalue weighted by Crippen LogP contribution is -2.52. The number of nitrogen functional groups attached to an aromatic ring is 1. The van der Waals surface area contributed by atoms with Crippen LogP contribution in [0.3, 0.4) is 0 Å². The monoisotopic (exact) mass is 348 g/mol. The molecular weight excluding hydrogens is 320 g/mol. The van der Waals surface area contributed by atoms with Crippen LogP contribution in [-0.4, -0.2) is 49.4 Å². The van der Waals surface area contributed by atoms with Gasteiger partial charge in [0.1, 0.15) is 17.7 Å². The number of hydrogen-bond donors (Lipinski definition) is 1. The zero-order valence-corrected chi connectivity index (χ0v) is 15.9. The van der Waals surface area contributed by atoms with E-state index in [0.717, 1.165) is 16.7 Å². The summed E-state index contributed by atoms with van der Waals surface area (Å²) < 4.78 is 7.20. The van der Waals surface area contributed by atoms with Gasteiger partial charge < -0.3 is 15.4 Å². The number of carbonyl (C=O) groups excluding carboxylic acids is 1. The Hall–Kier alpha value is -2.38. The Morgan fingerprint density at radius 3 is 2.56 bits per heavy atom. The molecule has 8 heteroatoms. The maximum atomic E-state index is 11.9. The van der Waals surface area contributed by atoms with E-state index in [9.17, 15) is 4.79 Å². The second kappa shape index (κ2) is 7.25. The highest BCUT2D eigenvalue weighted by molar-refractivity contribution is 5.87. The molecule has 0 bridgehead atoms. The zero-order chi connectivity index (χ0) is 18.8. The van der Waals surface area contributed by atoms with Gasteiger partial charge in [0.25, 0.3) is 0 Å². The van der Waals surface area contributed by atoms with Crippen LogP contribution >= 0.6 is 0 Å². The number of hydrogen-bond acceptors (Lipinski definition) is 6. The molecule has 0 radical (unpaired) electrons. The lowest BCUT2D eigenvalue weighted by molar-refractivity contribution is -0.00367. The summed E-state index contributed by atoms with van der Waals surface area (Å²) in [6, 6.07) is 0. The van der Waals surface area contributed by atoms with Crippen molar-refractivity contribution in [3.05, 3.63) is 12.0 Å². The molecule has 2 aromatic heterocycles. The average molecular weight is 348 g/mol. The molecule has 0 spiro atoms. The Morgan fingerprint density at radius 2 is 1.96 bits per heavy atom. The van der Waals surface area contributed by atoms with Gasteiger partial charge in [0, 0.05) is 25.6 Å². The van der Waals surface area contributed by atoms with E-state index >= 15 is 0 Å². The number of rotatable bonds is 2. The summed E-state index contributed by atoms with van der Waals surface area (Å²) in [7, 11) is 0. The minimum atomic E-state index is -0.466. The standard InChI is InChI=1S/C15H22N6O2.C2H6/c1-9-11-12(16)17-8-18-13(11)21(19-9)7-10-5-20(6-10)14(22)23-15(2,3)4;1-2/h8,10H,5-7H2,1-4H3,(H2,16,17,18);1-2H3. The molecule has 3 heterocycles. The van der Waals surface area contributed by atoms with E-state index in [1.165, 1.54) is 6.33 Å². The highest BCUT2D eigenvalue weighted by Gasteiger charge is 2.34. The molecule has 1 aliphatic rings. The largest absolute Gasteiger partial charge is 0.444 e. The van der Waals surface area contributed by atoms with Gasteiger partial charge in [-0.3, -0.25) is 0 Å². The van der Waals surface area contributed by atoms with Crippen molar-refractivity contribution in [2.24, 2.45) is 5.92 Å². The second-order valence-electron chi connectivity index (χ2n) is 6.98. The SMILES string of the molecule is CC.Cc1nn(CC2CN(C(=O)OC(C)(C)C)C2)c2ncnc(N)c12. The van der Waals surface area contributed by atoms with Crippen molar-refractivity contribution in [1.82, 2.24) is 24.6 Å². The third-order valence-electron chi connectivity index (χ3n) is 3.77. The van der Waals surface area contributed by atoms with Crippen molar-refractivity contribution < 1.29 is 9.53 Å². The van der Waals surface area contributed by atoms with Gasteiger partial charge in [-0.2, -0.15) is 5.10 Å². The van der Waals surface area contributed by atoms with Crippen LogP contribution in [0.5, 0.6) is 0 Å². The van der Waals surface area contributed by atoms with Crippen LogP contribution in [0.15, 0.2) is 6.33 Å². The first-order valence-corrected chi connectivity index (χ1v) is 8.66. The smallest absolute Gasteiger partial charge is 0.410 e. The Morgan fingerprint density at radius 1 is 1.32 bits per heavy atom. The van der Waals surface area contributed by atoms with Crippen LogP contribution in [0.2, 0.25) is 0 Å². The highest BCUT2D eigenvalue weighted by Crippen LogP contribution is 2.24. The average Bonchev–Trinajstić information content (AvgIpc) is 2.80. The Labute approximate surface area is 148 Å². The second-order valence-corrected chi connectivity index (χ2v) is 6.98. The molecule has 8 nitrogen and oxygen atoms in total. The fourth-order valence-corrected chi connectivity index (χ4v) is 2.74. The zero-order valence-electron chi connectivity index (χ0n) is 15.9. The van der Waals surface area contributed by atoms with Crippen molar-refractivity contribution in [1.29, 1.82) is 0 Å². The van der Waals surface area contributed by atoms with Gasteiger partial charge in [-0.15, -0.1) is 0 Å². The Bertz CT molecular complexity index is 743. The number of aromatic nitrogens is 4. The number of nitrogens with two attached hydrogens (primary N) is 1. The van der Waals surface area contributed by atoms with Gasteiger partial charge >= 0.3 is 6.09 Å². The van der Waals surface area contributed by atoms with Gasteiger partial charge in [0.05, 0.1) is 11.1 Å². The first kappa shape index (κ1) is 19.0. The maximum Gasteiger partial charge on any atom is 0.410 e. The van der Waals surface area contributed by atoms with E-state index in [1.54, 1.807) is 4.90 Å². The number of fused-ring (bicyclic) bond motifs is 1. The van der Waals surface area contributed by atoms with Crippen molar-refractivity contribution in [2.45, 2.75) is 53.7 Å². The summed E-state index contributed by atoms with van der Waals surface area (Å²) in [6.07, 6.45) is 1.19. The van der Waals surface area contributed by atoms with Crippen molar-refractivity contribution in [2.75, 3.05) is 18.8 Å². The minimum Gasteiger partial charge on any atom is -0.444 e. The van der Waals surface area contributed by atoms with Crippen LogP contribution in [0.1, 0.15) is 40.3 Å². The van der Waals surface area contributed by atoms with Crippen LogP contribution in [-0.2, 0) is 11.3 Å². The lowest BCUT2D eigenvalue weighted by atomic mass is 10.0. The predicted molar refractivity (Wildman–Crippen MR) is 97.1 cm³/mol. The number of carbonyl (C=O) groups is 1. The van der Waals surface area contributed by atoms with Gasteiger partial charge in [0.2, 0.25) is 0 Å². The summed E-state index contributed by atoms with van der Waals surface area (Å²) in [5.74, 6) is 0.781. The lowest BCUT2D eigenvalue weighted by Gasteiger charge is -2.39. The molecule has 1 saturated heterocycles. The highest BCUT2D eigenvalue weighted by atomic mass is 16.6. The normalized spacial score (nSPS) is 14.7. The number of likely N-dealkylation sites (tertiary alicyclic amines) is 1. The summed E-state index contributed by atoms with van der Waals surface area (Å²) in [5, 5.41) is 5.30. The molecule has 0 atom stereocenters. The van der Waals surface area contributed by atoms with Gasteiger partial charge in [-0.1, -0.05) is 13.8 Å². The van der Waals surface area contributed by atoms with E-state index in [2.05, 4.69) is 15.1 Å². The molecule has 1 aliphatic heterocycles. The number of amides is 1. The topological polar surface area (TPSA) is 99.2 Å². The quantitative estimate of drug-likeness (QED) is 0.895. The third kappa shape index (κ3) is 4.18. The van der Waals surface area contributed by atoms with Gasteiger partial charge in [0.15, 0.2) is 5.65 Å². The van der Waals surface area contributed by atoms with Crippen LogP contribution in [0.25, 0.3) is 11.0 Å². The maximum absolute atomic E-state index is 11.9. The van der Waals surface area contributed by atoms with Crippen molar-refractivity contribution in [3.8, 4) is 0 Å². The molecule has 25 heavy (non-hydrogen) atoms. The van der Waals surface area contributed by atoms with Crippen LogP contribution < -0.4 is 5.73 Å². The fraction of sp³-hybridized carbons (Fsp3) is 0.647. The molecule has 138 valence electrons. The minimum absolute atomic E-state index is 0.262. The van der Waals surface area contributed by atoms with Crippen molar-refractivity contribution >= 4 is 22.9 Å². The van der Waals surface area contributed by atoms with Crippen LogP contribution in [0.4, 0.5) is 10.6 Å². The molecule has 0 aliphatic carbocycles. The number of nitrogens with zero attached hydrogens (tertiary/aromatic N) is 5. The first-order chi connectivity index (χ1) is 11.7. The Kier molecular flexibility index (Phi) is 5.49. The molecule has 0 saturated carbocycles. The molecule has 2 aromatic rings. The number of ether oxygens (including phenoxy) is 1. The van der Waals surface area contributed by atoms with E-state index < -0.39 is 5.60 Å². The van der Waals surface area contributed by atoms with E-state index in [1.807, 2.05) is 46.2 Å². The molecule has 2 N–H and O–H groups in total. The predicted octanol–water partition coefficient (Wildman–Crippen LogP) is 2.61. The molecule has 0 aromatic carbocycles. The Balaban J connectivity index is 0.00000109. The summed E-state index contributed by atoms with van der Waals surface area (Å²) >= 11 is 0. The molecule has 1 fully saturated rings. The van der Waals surface area contributed by atoms with E-state index in [-0.39, 0.29) is 6.09 Å². The number of aryl methyl sites for hydroxylation is 1. The molecular formula is C17H28N6O2. The van der Waals surface area contributed by atoms with Gasteiger partial charge in [-0.05, 0) is 27.7 Å². The molecule has 0 unspecified atom stereocenters. The van der Waals surface area contributed by atoms with Crippen LogP contribution in [0, 0.1) is 12.8 Å². The van der Waals surface area contributed by atoms with E-state index in [0.29, 0.717) is 31.4 Å². The molecule has 3 rings (SSSR count). The van der Waals surface area contributed by atoms with Crippen molar-refractivity contribution in [3.63, 3.8) is 0 Å². The first-order valence-electron chi connectivity index (χ1n) is 8.66. The molecule has 1 amide bonds. The van der Waals surface area contributed by atoms with Gasteiger partial charge in [-0.25, -0.2) is 19.4 Å².